The number of rotatable bonds is 2. The van der Waals surface area contributed by atoms with Crippen LogP contribution < -0.4 is 5.56 Å². The molecule has 27 heavy (non-hydrogen) atoms. The number of fused-ring (bicyclic) bond motifs is 1. The Morgan fingerprint density at radius 1 is 1.22 bits per heavy atom. The van der Waals surface area contributed by atoms with Crippen molar-refractivity contribution in [1.29, 1.82) is 0 Å². The fraction of sp³-hybridized carbons (Fsp3) is 0.722. The van der Waals surface area contributed by atoms with Crippen LogP contribution >= 0.6 is 0 Å². The molecular formula is C18H26N6O3. The van der Waals surface area contributed by atoms with Gasteiger partial charge in [0.15, 0.2) is 11.2 Å². The normalized spacial score (nSPS) is 21.9. The minimum atomic E-state index is -0.278. The van der Waals surface area contributed by atoms with Gasteiger partial charge < -0.3 is 14.6 Å². The molecule has 4 heterocycles. The molecule has 2 aromatic rings. The quantitative estimate of drug-likeness (QED) is 0.845. The van der Waals surface area contributed by atoms with E-state index < -0.39 is 0 Å². The van der Waals surface area contributed by atoms with E-state index in [0.29, 0.717) is 31.2 Å². The van der Waals surface area contributed by atoms with Gasteiger partial charge >= 0.3 is 0 Å². The van der Waals surface area contributed by atoms with E-state index in [4.69, 9.17) is 4.74 Å². The molecule has 146 valence electrons. The van der Waals surface area contributed by atoms with E-state index in [1.807, 2.05) is 25.7 Å². The summed E-state index contributed by atoms with van der Waals surface area (Å²) in [6, 6.07) is 0.0747. The molecule has 2 aromatic heterocycles. The molecule has 1 atom stereocenters. The van der Waals surface area contributed by atoms with Crippen LogP contribution in [0.15, 0.2) is 4.79 Å². The number of aromatic nitrogens is 5. The number of piperidine rings is 1. The Hall–Kier alpha value is -2.29. The molecule has 9 nitrogen and oxygen atoms in total. The number of carbonyl (C=O) groups excluding carboxylic acids is 1. The van der Waals surface area contributed by atoms with Crippen molar-refractivity contribution in [2.24, 2.45) is 0 Å². The van der Waals surface area contributed by atoms with Crippen LogP contribution in [-0.2, 0) is 14.9 Å². The molecule has 1 unspecified atom stereocenters. The van der Waals surface area contributed by atoms with Crippen molar-refractivity contribution >= 4 is 17.1 Å². The van der Waals surface area contributed by atoms with Gasteiger partial charge in [-0.25, -0.2) is 9.67 Å². The summed E-state index contributed by atoms with van der Waals surface area (Å²) in [5.41, 5.74) is 0.245. The summed E-state index contributed by atoms with van der Waals surface area (Å²) in [6.45, 7) is 7.98. The summed E-state index contributed by atoms with van der Waals surface area (Å²) in [5.74, 6) is 0.716. The van der Waals surface area contributed by atoms with Gasteiger partial charge in [0, 0.05) is 25.1 Å². The van der Waals surface area contributed by atoms with Crippen LogP contribution in [-0.4, -0.2) is 61.6 Å². The Bertz CT molecular complexity index is 898. The van der Waals surface area contributed by atoms with Gasteiger partial charge in [-0.05, 0) is 25.7 Å². The zero-order valence-corrected chi connectivity index (χ0v) is 16.1. The van der Waals surface area contributed by atoms with Crippen LogP contribution in [0.5, 0.6) is 0 Å². The third-order valence-corrected chi connectivity index (χ3v) is 5.37. The number of H-pyrrole nitrogens is 1. The van der Waals surface area contributed by atoms with Gasteiger partial charge in [0.2, 0.25) is 0 Å². The molecule has 2 fully saturated rings. The fourth-order valence-corrected chi connectivity index (χ4v) is 3.75. The van der Waals surface area contributed by atoms with E-state index in [2.05, 4.69) is 20.3 Å². The minimum absolute atomic E-state index is 0.0747. The van der Waals surface area contributed by atoms with Gasteiger partial charge in [0.05, 0.1) is 6.04 Å². The van der Waals surface area contributed by atoms with Gasteiger partial charge in [-0.1, -0.05) is 26.0 Å². The third-order valence-electron chi connectivity index (χ3n) is 5.37. The van der Waals surface area contributed by atoms with E-state index >= 15 is 0 Å². The smallest absolute Gasteiger partial charge is 0.281 e. The highest BCUT2D eigenvalue weighted by molar-refractivity contribution is 5.81. The number of ether oxygens (including phenoxy) is 1. The number of nitrogens with one attached hydrogen (secondary N) is 1. The van der Waals surface area contributed by atoms with Crippen molar-refractivity contribution in [3.63, 3.8) is 0 Å². The Morgan fingerprint density at radius 3 is 2.59 bits per heavy atom. The Balaban J connectivity index is 1.54. The first-order valence-corrected chi connectivity index (χ1v) is 9.60. The van der Waals surface area contributed by atoms with Crippen molar-refractivity contribution in [3.05, 3.63) is 16.2 Å². The predicted octanol–water partition coefficient (Wildman–Crippen LogP) is 1.15. The van der Waals surface area contributed by atoms with Crippen LogP contribution in [0.3, 0.4) is 0 Å². The second kappa shape index (κ2) is 6.70. The number of hydrogen-bond acceptors (Lipinski definition) is 6. The number of likely N-dealkylation sites (tertiary alicyclic amines) is 1. The number of hydrogen-bond donors (Lipinski definition) is 1. The monoisotopic (exact) mass is 374 g/mol. The number of aromatic amines is 1. The molecule has 0 aliphatic carbocycles. The topological polar surface area (TPSA) is 106 Å². The van der Waals surface area contributed by atoms with E-state index in [1.54, 1.807) is 4.68 Å². The Kier molecular flexibility index (Phi) is 4.49. The maximum absolute atomic E-state index is 12.5. The fourth-order valence-electron chi connectivity index (χ4n) is 3.75. The first-order valence-electron chi connectivity index (χ1n) is 9.60. The van der Waals surface area contributed by atoms with Crippen LogP contribution in [0, 0.1) is 0 Å². The summed E-state index contributed by atoms with van der Waals surface area (Å²) in [6.07, 6.45) is 3.01. The second-order valence-corrected chi connectivity index (χ2v) is 8.43. The van der Waals surface area contributed by atoms with Crippen LogP contribution in [0.4, 0.5) is 0 Å². The summed E-state index contributed by atoms with van der Waals surface area (Å²) in [7, 11) is 0. The highest BCUT2D eigenvalue weighted by atomic mass is 16.5. The van der Waals surface area contributed by atoms with E-state index in [0.717, 1.165) is 25.7 Å². The van der Waals surface area contributed by atoms with Crippen LogP contribution in [0.2, 0.25) is 0 Å². The standard InChI is InChI=1S/C18H26N6O3/c1-18(2,3)17-19-14-13(15(25)20-17)21-22-24(14)11-6-8-23(9-7-11)16(26)12-5-4-10-27-12/h11-12H,4-10H2,1-3H3,(H,19,20,25). The molecule has 1 N–H and O–H groups in total. The molecule has 1 amide bonds. The lowest BCUT2D eigenvalue weighted by Crippen LogP contribution is -2.44. The maximum atomic E-state index is 12.5. The van der Waals surface area contributed by atoms with E-state index in [-0.39, 0.29) is 34.5 Å². The van der Waals surface area contributed by atoms with E-state index in [9.17, 15) is 9.59 Å². The lowest BCUT2D eigenvalue weighted by Gasteiger charge is -2.33. The molecule has 2 aliphatic rings. The van der Waals surface area contributed by atoms with Crippen molar-refractivity contribution in [1.82, 2.24) is 29.9 Å². The summed E-state index contributed by atoms with van der Waals surface area (Å²) in [5, 5.41) is 8.25. The summed E-state index contributed by atoms with van der Waals surface area (Å²) in [4.78, 5) is 34.2. The number of amides is 1. The second-order valence-electron chi connectivity index (χ2n) is 8.43. The van der Waals surface area contributed by atoms with Crippen LogP contribution in [0.1, 0.15) is 58.3 Å². The van der Waals surface area contributed by atoms with Crippen molar-refractivity contribution in [3.8, 4) is 0 Å². The molecule has 2 saturated heterocycles. The number of carbonyl (C=O) groups is 1. The summed E-state index contributed by atoms with van der Waals surface area (Å²) < 4.78 is 7.27. The lowest BCUT2D eigenvalue weighted by molar-refractivity contribution is -0.142. The van der Waals surface area contributed by atoms with Gasteiger partial charge in [-0.2, -0.15) is 0 Å². The zero-order valence-electron chi connectivity index (χ0n) is 16.1. The molecule has 9 heteroatoms. The molecule has 4 rings (SSSR count). The first-order chi connectivity index (χ1) is 12.8. The van der Waals surface area contributed by atoms with Gasteiger partial charge in [-0.15, -0.1) is 5.10 Å². The molecule has 0 saturated carbocycles. The van der Waals surface area contributed by atoms with Crippen molar-refractivity contribution in [2.45, 2.75) is 64.0 Å². The highest BCUT2D eigenvalue weighted by Crippen LogP contribution is 2.26. The average Bonchev–Trinajstić information content (AvgIpc) is 3.30. The molecule has 0 radical (unpaired) electrons. The van der Waals surface area contributed by atoms with E-state index in [1.165, 1.54) is 0 Å². The van der Waals surface area contributed by atoms with Crippen LogP contribution in [0.25, 0.3) is 11.2 Å². The zero-order chi connectivity index (χ0) is 19.2. The van der Waals surface area contributed by atoms with Gasteiger partial charge in [-0.3, -0.25) is 9.59 Å². The molecule has 2 aliphatic heterocycles. The Labute approximate surface area is 157 Å². The number of nitrogens with zero attached hydrogens (tertiary/aromatic N) is 5. The first kappa shape index (κ1) is 18.1. The molecular weight excluding hydrogens is 348 g/mol. The van der Waals surface area contributed by atoms with Crippen molar-refractivity contribution < 1.29 is 9.53 Å². The van der Waals surface area contributed by atoms with Gasteiger partial charge in [0.25, 0.3) is 11.5 Å². The Morgan fingerprint density at radius 2 is 1.96 bits per heavy atom. The minimum Gasteiger partial charge on any atom is -0.368 e. The van der Waals surface area contributed by atoms with Gasteiger partial charge in [0.1, 0.15) is 11.9 Å². The predicted molar refractivity (Wildman–Crippen MR) is 98.5 cm³/mol. The average molecular weight is 374 g/mol. The largest absolute Gasteiger partial charge is 0.368 e. The lowest BCUT2D eigenvalue weighted by atomic mass is 9.96. The highest BCUT2D eigenvalue weighted by Gasteiger charge is 2.32. The molecule has 0 bridgehead atoms. The molecule has 0 spiro atoms. The molecule has 0 aromatic carbocycles. The van der Waals surface area contributed by atoms with Crippen molar-refractivity contribution in [2.75, 3.05) is 19.7 Å². The summed E-state index contributed by atoms with van der Waals surface area (Å²) >= 11 is 0. The third kappa shape index (κ3) is 3.36. The SMILES string of the molecule is CC(C)(C)c1nc2c(nnn2C2CCN(C(=O)C3CCCO3)CC2)c(=O)[nH]1. The maximum Gasteiger partial charge on any atom is 0.281 e.